The number of hydrogen-bond acceptors (Lipinski definition) is 4. The van der Waals surface area contributed by atoms with Gasteiger partial charge >= 0.3 is 5.63 Å². The van der Waals surface area contributed by atoms with E-state index in [9.17, 15) is 9.59 Å². The van der Waals surface area contributed by atoms with Gasteiger partial charge in [0, 0.05) is 17.1 Å². The van der Waals surface area contributed by atoms with Gasteiger partial charge in [-0.1, -0.05) is 19.1 Å². The van der Waals surface area contributed by atoms with E-state index in [1.807, 2.05) is 32.9 Å². The highest BCUT2D eigenvalue weighted by atomic mass is 16.5. The molecule has 3 rings (SSSR count). The lowest BCUT2D eigenvalue weighted by Gasteiger charge is -2.10. The maximum Gasteiger partial charge on any atom is 0.349 e. The van der Waals surface area contributed by atoms with E-state index < -0.39 is 11.5 Å². The van der Waals surface area contributed by atoms with Gasteiger partial charge in [0.25, 0.3) is 5.91 Å². The maximum absolute atomic E-state index is 12.6. The van der Waals surface area contributed by atoms with Crippen LogP contribution in [-0.2, 0) is 0 Å². The number of fused-ring (bicyclic) bond motifs is 1. The number of carbonyl (C=O) groups excluding carboxylic acids is 1. The van der Waals surface area contributed by atoms with E-state index >= 15 is 0 Å². The molecule has 1 amide bonds. The molecular formula is C21H21NO4. The van der Waals surface area contributed by atoms with Crippen molar-refractivity contribution >= 4 is 22.6 Å². The number of rotatable bonds is 5. The van der Waals surface area contributed by atoms with Gasteiger partial charge in [-0.05, 0) is 55.7 Å². The minimum Gasteiger partial charge on any atom is -0.493 e. The zero-order valence-corrected chi connectivity index (χ0v) is 15.1. The molecule has 0 aliphatic rings. The molecule has 0 atom stereocenters. The largest absolute Gasteiger partial charge is 0.493 e. The average molecular weight is 351 g/mol. The number of aryl methyl sites for hydroxylation is 1. The van der Waals surface area contributed by atoms with Crippen LogP contribution >= 0.6 is 0 Å². The Morgan fingerprint density at radius 2 is 1.96 bits per heavy atom. The fourth-order valence-corrected chi connectivity index (χ4v) is 2.64. The predicted octanol–water partition coefficient (Wildman–Crippen LogP) is 4.45. The molecule has 0 fully saturated rings. The molecule has 1 aromatic heterocycles. The van der Waals surface area contributed by atoms with Crippen LogP contribution in [0.4, 0.5) is 5.69 Å². The average Bonchev–Trinajstić information content (AvgIpc) is 2.63. The van der Waals surface area contributed by atoms with Gasteiger partial charge in [-0.2, -0.15) is 0 Å². The highest BCUT2D eigenvalue weighted by molar-refractivity contribution is 6.05. The summed E-state index contributed by atoms with van der Waals surface area (Å²) in [5, 5.41) is 3.45. The van der Waals surface area contributed by atoms with Gasteiger partial charge in [0.1, 0.15) is 16.9 Å². The molecule has 0 spiro atoms. The van der Waals surface area contributed by atoms with E-state index in [4.69, 9.17) is 9.15 Å². The van der Waals surface area contributed by atoms with Crippen molar-refractivity contribution < 1.29 is 13.9 Å². The highest BCUT2D eigenvalue weighted by Gasteiger charge is 2.15. The summed E-state index contributed by atoms with van der Waals surface area (Å²) in [7, 11) is 0. The maximum atomic E-state index is 12.6. The van der Waals surface area contributed by atoms with Crippen molar-refractivity contribution in [2.45, 2.75) is 27.2 Å². The van der Waals surface area contributed by atoms with Gasteiger partial charge in [0.2, 0.25) is 0 Å². The quantitative estimate of drug-likeness (QED) is 0.690. The topological polar surface area (TPSA) is 68.5 Å². The van der Waals surface area contributed by atoms with Gasteiger partial charge in [-0.15, -0.1) is 0 Å². The standard InChI is InChI=1S/C21H21NO4/c1-4-10-25-16-9-8-15-11-17(21(24)26-19(15)12-16)20(23)22-18-7-5-6-13(2)14(18)3/h5-9,11-12H,4,10H2,1-3H3,(H,22,23). The summed E-state index contributed by atoms with van der Waals surface area (Å²) >= 11 is 0. The number of amides is 1. The predicted molar refractivity (Wildman–Crippen MR) is 102 cm³/mol. The zero-order chi connectivity index (χ0) is 18.7. The molecule has 0 aliphatic carbocycles. The first-order valence-electron chi connectivity index (χ1n) is 8.58. The third-order valence-corrected chi connectivity index (χ3v) is 4.28. The molecule has 0 radical (unpaired) electrons. The van der Waals surface area contributed by atoms with Crippen LogP contribution < -0.4 is 15.7 Å². The molecule has 0 aliphatic heterocycles. The SMILES string of the molecule is CCCOc1ccc2cc(C(=O)Nc3cccc(C)c3C)c(=O)oc2c1. The third-order valence-electron chi connectivity index (χ3n) is 4.28. The molecular weight excluding hydrogens is 330 g/mol. The number of ether oxygens (including phenoxy) is 1. The third kappa shape index (κ3) is 3.61. The Hall–Kier alpha value is -3.08. The van der Waals surface area contributed by atoms with Crippen LogP contribution in [0.1, 0.15) is 34.8 Å². The van der Waals surface area contributed by atoms with Crippen LogP contribution in [0, 0.1) is 13.8 Å². The highest BCUT2D eigenvalue weighted by Crippen LogP contribution is 2.22. The minimum absolute atomic E-state index is 0.0272. The second-order valence-corrected chi connectivity index (χ2v) is 6.20. The minimum atomic E-state index is -0.673. The lowest BCUT2D eigenvalue weighted by molar-refractivity contribution is 0.102. The summed E-state index contributed by atoms with van der Waals surface area (Å²) in [6.45, 7) is 6.49. The first-order chi connectivity index (χ1) is 12.5. The van der Waals surface area contributed by atoms with Crippen LogP contribution in [0.25, 0.3) is 11.0 Å². The summed E-state index contributed by atoms with van der Waals surface area (Å²) in [5.41, 5.74) is 2.40. The molecule has 5 heteroatoms. The molecule has 134 valence electrons. The summed E-state index contributed by atoms with van der Waals surface area (Å²) in [6.07, 6.45) is 0.888. The van der Waals surface area contributed by atoms with Crippen molar-refractivity contribution in [2.75, 3.05) is 11.9 Å². The number of benzene rings is 2. The molecule has 26 heavy (non-hydrogen) atoms. The molecule has 1 heterocycles. The number of anilines is 1. The Bertz CT molecular complexity index is 1020. The number of carbonyl (C=O) groups is 1. The van der Waals surface area contributed by atoms with E-state index in [1.165, 1.54) is 0 Å². The van der Waals surface area contributed by atoms with Gasteiger partial charge in [-0.25, -0.2) is 4.79 Å². The Balaban J connectivity index is 1.92. The van der Waals surface area contributed by atoms with Gasteiger partial charge < -0.3 is 14.5 Å². The van der Waals surface area contributed by atoms with Crippen LogP contribution in [0.5, 0.6) is 5.75 Å². The van der Waals surface area contributed by atoms with E-state index in [-0.39, 0.29) is 5.56 Å². The molecule has 0 bridgehead atoms. The van der Waals surface area contributed by atoms with Crippen LogP contribution in [0.2, 0.25) is 0 Å². The molecule has 3 aromatic rings. The van der Waals surface area contributed by atoms with Crippen LogP contribution in [-0.4, -0.2) is 12.5 Å². The Labute approximate surface area is 151 Å². The summed E-state index contributed by atoms with van der Waals surface area (Å²) in [5.74, 6) is 0.149. The van der Waals surface area contributed by atoms with Crippen molar-refractivity contribution in [3.05, 3.63) is 69.6 Å². The monoisotopic (exact) mass is 351 g/mol. The van der Waals surface area contributed by atoms with Crippen molar-refractivity contribution in [1.29, 1.82) is 0 Å². The van der Waals surface area contributed by atoms with E-state index in [1.54, 1.807) is 30.3 Å². The molecule has 1 N–H and O–H groups in total. The molecule has 0 saturated carbocycles. The smallest absolute Gasteiger partial charge is 0.349 e. The Morgan fingerprint density at radius 3 is 2.73 bits per heavy atom. The summed E-state index contributed by atoms with van der Waals surface area (Å²) in [4.78, 5) is 24.8. The van der Waals surface area contributed by atoms with Crippen molar-refractivity contribution in [3.63, 3.8) is 0 Å². The van der Waals surface area contributed by atoms with E-state index in [0.29, 0.717) is 29.0 Å². The molecule has 2 aromatic carbocycles. The Morgan fingerprint density at radius 1 is 1.15 bits per heavy atom. The summed E-state index contributed by atoms with van der Waals surface area (Å²) < 4.78 is 10.9. The van der Waals surface area contributed by atoms with Crippen LogP contribution in [0.15, 0.2) is 51.7 Å². The van der Waals surface area contributed by atoms with E-state index in [2.05, 4.69) is 5.32 Å². The fraction of sp³-hybridized carbons (Fsp3) is 0.238. The van der Waals surface area contributed by atoms with Gasteiger partial charge in [0.15, 0.2) is 0 Å². The second kappa shape index (κ2) is 7.44. The van der Waals surface area contributed by atoms with Gasteiger partial charge in [0.05, 0.1) is 6.61 Å². The Kier molecular flexibility index (Phi) is 5.07. The second-order valence-electron chi connectivity index (χ2n) is 6.20. The summed E-state index contributed by atoms with van der Waals surface area (Å²) in [6, 6.07) is 12.4. The van der Waals surface area contributed by atoms with Crippen molar-refractivity contribution in [1.82, 2.24) is 0 Å². The zero-order valence-electron chi connectivity index (χ0n) is 15.1. The van der Waals surface area contributed by atoms with Crippen LogP contribution in [0.3, 0.4) is 0 Å². The van der Waals surface area contributed by atoms with E-state index in [0.717, 1.165) is 17.5 Å². The first-order valence-corrected chi connectivity index (χ1v) is 8.58. The lowest BCUT2D eigenvalue weighted by atomic mass is 10.1. The molecule has 0 saturated heterocycles. The first kappa shape index (κ1) is 17.7. The lowest BCUT2D eigenvalue weighted by Crippen LogP contribution is -2.21. The van der Waals surface area contributed by atoms with Crippen molar-refractivity contribution in [2.24, 2.45) is 0 Å². The number of nitrogens with one attached hydrogen (secondary N) is 1. The molecule has 5 nitrogen and oxygen atoms in total. The number of hydrogen-bond donors (Lipinski definition) is 1. The van der Waals surface area contributed by atoms with Gasteiger partial charge in [-0.3, -0.25) is 4.79 Å². The molecule has 0 unspecified atom stereocenters. The fourth-order valence-electron chi connectivity index (χ4n) is 2.64. The normalized spacial score (nSPS) is 10.7. The van der Waals surface area contributed by atoms with Crippen molar-refractivity contribution in [3.8, 4) is 5.75 Å².